The number of nitrogens with one attached hydrogen (secondary N) is 1. The van der Waals surface area contributed by atoms with E-state index in [0.29, 0.717) is 0 Å². The van der Waals surface area contributed by atoms with Gasteiger partial charge in [-0.2, -0.15) is 0 Å². The third-order valence-electron chi connectivity index (χ3n) is 2.42. The minimum atomic E-state index is 0.728. The van der Waals surface area contributed by atoms with Crippen LogP contribution < -0.4 is 5.32 Å². The molecule has 0 spiro atoms. The predicted octanol–water partition coefficient (Wildman–Crippen LogP) is 3.08. The molecular weight excluding hydrogens is 146 g/mol. The second kappa shape index (κ2) is 4.54. The molecule has 1 heteroatoms. The lowest BCUT2D eigenvalue weighted by Gasteiger charge is -2.16. The van der Waals surface area contributed by atoms with Crippen LogP contribution in [0.15, 0.2) is 12.3 Å². The van der Waals surface area contributed by atoms with Gasteiger partial charge in [0.15, 0.2) is 0 Å². The van der Waals surface area contributed by atoms with Gasteiger partial charge in [-0.05, 0) is 25.2 Å². The molecular formula is C11H21N. The molecule has 0 radical (unpaired) electrons. The summed E-state index contributed by atoms with van der Waals surface area (Å²) < 4.78 is 0. The fourth-order valence-corrected chi connectivity index (χ4v) is 1.91. The molecule has 1 rings (SSSR count). The molecule has 0 aliphatic heterocycles. The summed E-state index contributed by atoms with van der Waals surface area (Å²) >= 11 is 0. The average Bonchev–Trinajstić information content (AvgIpc) is 2.37. The van der Waals surface area contributed by atoms with Crippen molar-refractivity contribution < 1.29 is 0 Å². The summed E-state index contributed by atoms with van der Waals surface area (Å²) in [5.41, 5.74) is 1.23. The van der Waals surface area contributed by atoms with E-state index in [4.69, 9.17) is 0 Å². The molecule has 1 nitrogen and oxygen atoms in total. The quantitative estimate of drug-likeness (QED) is 0.678. The Kier molecular flexibility index (Phi) is 3.64. The maximum Gasteiger partial charge on any atom is 0.0258 e. The van der Waals surface area contributed by atoms with Crippen molar-refractivity contribution in [3.8, 4) is 0 Å². The molecule has 0 aromatic rings. The minimum Gasteiger partial charge on any atom is -0.386 e. The number of allylic oxidation sites excluding steroid dienone is 1. The van der Waals surface area contributed by atoms with Gasteiger partial charge >= 0.3 is 0 Å². The van der Waals surface area contributed by atoms with Gasteiger partial charge in [-0.15, -0.1) is 0 Å². The van der Waals surface area contributed by atoms with Crippen LogP contribution in [-0.4, -0.2) is 6.04 Å². The smallest absolute Gasteiger partial charge is 0.0258 e. The normalized spacial score (nSPS) is 18.6. The van der Waals surface area contributed by atoms with Crippen molar-refractivity contribution in [2.24, 2.45) is 5.92 Å². The van der Waals surface area contributed by atoms with Gasteiger partial charge in [0.05, 0.1) is 0 Å². The van der Waals surface area contributed by atoms with Crippen LogP contribution in [0.5, 0.6) is 0 Å². The fourth-order valence-electron chi connectivity index (χ4n) is 1.91. The first kappa shape index (κ1) is 9.63. The lowest BCUT2D eigenvalue weighted by molar-refractivity contribution is 0.533. The third kappa shape index (κ3) is 3.29. The Balaban J connectivity index is 2.16. The number of hydrogen-bond acceptors (Lipinski definition) is 1. The molecule has 70 valence electrons. The summed E-state index contributed by atoms with van der Waals surface area (Å²) in [6.45, 7) is 8.52. The van der Waals surface area contributed by atoms with Crippen molar-refractivity contribution in [1.82, 2.24) is 5.32 Å². The van der Waals surface area contributed by atoms with Gasteiger partial charge in [0.25, 0.3) is 0 Å². The Morgan fingerprint density at radius 3 is 2.50 bits per heavy atom. The van der Waals surface area contributed by atoms with E-state index in [1.807, 2.05) is 0 Å². The van der Waals surface area contributed by atoms with Gasteiger partial charge in [-0.1, -0.05) is 33.3 Å². The summed E-state index contributed by atoms with van der Waals surface area (Å²) in [5.74, 6) is 0.728. The van der Waals surface area contributed by atoms with Gasteiger partial charge in [0.1, 0.15) is 0 Å². The summed E-state index contributed by atoms with van der Waals surface area (Å²) in [5, 5.41) is 3.52. The van der Waals surface area contributed by atoms with Crippen LogP contribution in [0, 0.1) is 5.92 Å². The lowest BCUT2D eigenvalue weighted by Crippen LogP contribution is -2.25. The Labute approximate surface area is 76.2 Å². The standard InChI is InChI=1S/C11H21N/c1-9(2)8-10(3)12-11-6-4-5-7-11/h9,11-12H,3-8H2,1-2H3. The molecule has 0 amide bonds. The van der Waals surface area contributed by atoms with Crippen molar-refractivity contribution in [1.29, 1.82) is 0 Å². The minimum absolute atomic E-state index is 0.728. The Hall–Kier alpha value is -0.460. The SMILES string of the molecule is C=C(CC(C)C)NC1CCCC1. The third-order valence-corrected chi connectivity index (χ3v) is 2.42. The highest BCUT2D eigenvalue weighted by molar-refractivity contribution is 4.95. The second-order valence-corrected chi connectivity index (χ2v) is 4.33. The maximum absolute atomic E-state index is 4.05. The van der Waals surface area contributed by atoms with Crippen LogP contribution in [0.4, 0.5) is 0 Å². The highest BCUT2D eigenvalue weighted by Crippen LogP contribution is 2.19. The second-order valence-electron chi connectivity index (χ2n) is 4.33. The van der Waals surface area contributed by atoms with Crippen LogP contribution in [0.2, 0.25) is 0 Å². The summed E-state index contributed by atoms with van der Waals surface area (Å²) in [6.07, 6.45) is 6.60. The van der Waals surface area contributed by atoms with E-state index in [2.05, 4.69) is 25.7 Å². The zero-order valence-corrected chi connectivity index (χ0v) is 8.40. The summed E-state index contributed by atoms with van der Waals surface area (Å²) in [7, 11) is 0. The van der Waals surface area contributed by atoms with E-state index in [1.54, 1.807) is 0 Å². The molecule has 1 aliphatic rings. The van der Waals surface area contributed by atoms with Gasteiger partial charge in [0.2, 0.25) is 0 Å². The largest absolute Gasteiger partial charge is 0.386 e. The summed E-state index contributed by atoms with van der Waals surface area (Å²) in [4.78, 5) is 0. The number of hydrogen-bond donors (Lipinski definition) is 1. The van der Waals surface area contributed by atoms with Crippen LogP contribution in [0.1, 0.15) is 46.0 Å². The molecule has 0 bridgehead atoms. The van der Waals surface area contributed by atoms with Crippen LogP contribution in [-0.2, 0) is 0 Å². The van der Waals surface area contributed by atoms with Crippen molar-refractivity contribution in [3.63, 3.8) is 0 Å². The van der Waals surface area contributed by atoms with E-state index in [-0.39, 0.29) is 0 Å². The van der Waals surface area contributed by atoms with E-state index >= 15 is 0 Å². The molecule has 0 heterocycles. The topological polar surface area (TPSA) is 12.0 Å². The van der Waals surface area contributed by atoms with Crippen molar-refractivity contribution in [3.05, 3.63) is 12.3 Å². The van der Waals surface area contributed by atoms with E-state index in [9.17, 15) is 0 Å². The predicted molar refractivity (Wildman–Crippen MR) is 54.0 cm³/mol. The molecule has 12 heavy (non-hydrogen) atoms. The molecule has 0 atom stereocenters. The highest BCUT2D eigenvalue weighted by Gasteiger charge is 2.14. The van der Waals surface area contributed by atoms with Crippen molar-refractivity contribution in [2.75, 3.05) is 0 Å². The molecule has 0 aromatic carbocycles. The van der Waals surface area contributed by atoms with Crippen molar-refractivity contribution in [2.45, 2.75) is 52.0 Å². The zero-order valence-electron chi connectivity index (χ0n) is 8.40. The van der Waals surface area contributed by atoms with Gasteiger partial charge in [0, 0.05) is 11.7 Å². The van der Waals surface area contributed by atoms with Crippen LogP contribution >= 0.6 is 0 Å². The van der Waals surface area contributed by atoms with Crippen LogP contribution in [0.25, 0.3) is 0 Å². The highest BCUT2D eigenvalue weighted by atomic mass is 14.9. The van der Waals surface area contributed by atoms with Crippen LogP contribution in [0.3, 0.4) is 0 Å². The Morgan fingerprint density at radius 2 is 2.00 bits per heavy atom. The zero-order chi connectivity index (χ0) is 8.97. The Bertz CT molecular complexity index is 143. The number of rotatable bonds is 4. The van der Waals surface area contributed by atoms with E-state index in [1.165, 1.54) is 31.4 Å². The molecule has 1 aliphatic carbocycles. The lowest BCUT2D eigenvalue weighted by atomic mass is 10.1. The van der Waals surface area contributed by atoms with E-state index in [0.717, 1.165) is 18.4 Å². The van der Waals surface area contributed by atoms with Gasteiger partial charge in [-0.3, -0.25) is 0 Å². The average molecular weight is 167 g/mol. The fraction of sp³-hybridized carbons (Fsp3) is 0.818. The summed E-state index contributed by atoms with van der Waals surface area (Å²) in [6, 6.07) is 0.733. The maximum atomic E-state index is 4.05. The molecule has 0 aromatic heterocycles. The molecule has 1 saturated carbocycles. The first-order valence-electron chi connectivity index (χ1n) is 5.13. The molecule has 1 fully saturated rings. The van der Waals surface area contributed by atoms with Gasteiger partial charge < -0.3 is 5.32 Å². The van der Waals surface area contributed by atoms with E-state index < -0.39 is 0 Å². The van der Waals surface area contributed by atoms with Gasteiger partial charge in [-0.25, -0.2) is 0 Å². The van der Waals surface area contributed by atoms with Crippen molar-refractivity contribution >= 4 is 0 Å². The molecule has 1 N–H and O–H groups in total. The molecule has 0 saturated heterocycles. The first-order valence-corrected chi connectivity index (χ1v) is 5.13. The first-order chi connectivity index (χ1) is 5.68. The molecule has 0 unspecified atom stereocenters. The monoisotopic (exact) mass is 167 g/mol. The Morgan fingerprint density at radius 1 is 1.42 bits per heavy atom.